The minimum absolute atomic E-state index is 0.0959. The molecule has 0 aliphatic heterocycles. The van der Waals surface area contributed by atoms with Gasteiger partial charge >= 0.3 is 5.69 Å². The molecule has 2 rings (SSSR count). The van der Waals surface area contributed by atoms with Gasteiger partial charge in [-0.1, -0.05) is 5.21 Å². The largest absolute Gasteiger partial charge is 0.490 e. The Balaban J connectivity index is 2.54. The highest BCUT2D eigenvalue weighted by atomic mass is 19.1. The van der Waals surface area contributed by atoms with Gasteiger partial charge in [0.1, 0.15) is 12.4 Å². The second-order valence-corrected chi connectivity index (χ2v) is 4.21. The number of carbonyl (C=O) groups is 1. The van der Waals surface area contributed by atoms with Gasteiger partial charge in [0, 0.05) is 24.7 Å². The lowest BCUT2D eigenvalue weighted by atomic mass is 10.1. The summed E-state index contributed by atoms with van der Waals surface area (Å²) in [4.78, 5) is 21.7. The van der Waals surface area contributed by atoms with E-state index in [9.17, 15) is 19.3 Å². The summed E-state index contributed by atoms with van der Waals surface area (Å²) in [5, 5.41) is 20.7. The van der Waals surface area contributed by atoms with Crippen LogP contribution in [0.5, 0.6) is 5.75 Å². The number of hydrogen-bond donors (Lipinski definition) is 1. The van der Waals surface area contributed by atoms with Crippen LogP contribution < -0.4 is 10.1 Å². The molecule has 1 aromatic carbocycles. The zero-order valence-electron chi connectivity index (χ0n) is 11.7. The first kappa shape index (κ1) is 15.4. The van der Waals surface area contributed by atoms with E-state index in [0.29, 0.717) is 0 Å². The maximum atomic E-state index is 14.2. The summed E-state index contributed by atoms with van der Waals surface area (Å²) in [5.41, 5.74) is -0.347. The molecule has 0 radical (unpaired) electrons. The Morgan fingerprint density at radius 2 is 2.27 bits per heavy atom. The molecule has 2 aromatic rings. The van der Waals surface area contributed by atoms with Crippen LogP contribution in [0.2, 0.25) is 0 Å². The molecule has 0 aliphatic carbocycles. The monoisotopic (exact) mass is 309 g/mol. The first-order valence-corrected chi connectivity index (χ1v) is 6.09. The van der Waals surface area contributed by atoms with Crippen LogP contribution in [0.3, 0.4) is 0 Å². The molecule has 0 saturated heterocycles. The van der Waals surface area contributed by atoms with Gasteiger partial charge in [0.25, 0.3) is 0 Å². The Morgan fingerprint density at radius 1 is 1.55 bits per heavy atom. The number of amides is 1. The van der Waals surface area contributed by atoms with E-state index in [1.807, 2.05) is 0 Å². The lowest BCUT2D eigenvalue weighted by Crippen LogP contribution is -2.24. The number of methoxy groups -OCH3 is 1. The van der Waals surface area contributed by atoms with Crippen LogP contribution in [0.25, 0.3) is 11.3 Å². The second kappa shape index (κ2) is 6.16. The lowest BCUT2D eigenvalue weighted by molar-refractivity contribution is -0.385. The summed E-state index contributed by atoms with van der Waals surface area (Å²) in [6.07, 6.45) is 1.22. The van der Waals surface area contributed by atoms with Crippen LogP contribution >= 0.6 is 0 Å². The van der Waals surface area contributed by atoms with Crippen molar-refractivity contribution >= 4 is 11.6 Å². The normalized spacial score (nSPS) is 10.3. The van der Waals surface area contributed by atoms with Gasteiger partial charge in [-0.25, -0.2) is 9.07 Å². The minimum Gasteiger partial charge on any atom is -0.490 e. The summed E-state index contributed by atoms with van der Waals surface area (Å²) < 4.78 is 20.1. The van der Waals surface area contributed by atoms with Gasteiger partial charge in [0.05, 0.1) is 23.9 Å². The van der Waals surface area contributed by atoms with E-state index in [1.165, 1.54) is 20.4 Å². The minimum atomic E-state index is -0.747. The maximum absolute atomic E-state index is 14.2. The molecule has 0 fully saturated rings. The number of hydrogen-bond acceptors (Lipinski definition) is 6. The molecule has 10 heteroatoms. The molecule has 1 aromatic heterocycles. The van der Waals surface area contributed by atoms with E-state index in [4.69, 9.17) is 4.74 Å². The lowest BCUT2D eigenvalue weighted by Gasteiger charge is -2.08. The molecule has 0 atom stereocenters. The number of benzene rings is 1. The highest BCUT2D eigenvalue weighted by molar-refractivity contribution is 5.76. The van der Waals surface area contributed by atoms with E-state index >= 15 is 0 Å². The molecule has 0 spiro atoms. The van der Waals surface area contributed by atoms with Crippen molar-refractivity contribution in [2.24, 2.45) is 0 Å². The quantitative estimate of drug-likeness (QED) is 0.644. The third-order valence-electron chi connectivity index (χ3n) is 2.93. The molecule has 1 heterocycles. The molecular weight excluding hydrogens is 297 g/mol. The van der Waals surface area contributed by atoms with E-state index < -0.39 is 16.4 Å². The molecular formula is C12H12FN5O4. The highest BCUT2D eigenvalue weighted by Gasteiger charge is 2.22. The zero-order valence-corrected chi connectivity index (χ0v) is 11.7. The molecule has 9 nitrogen and oxygen atoms in total. The molecule has 0 bridgehead atoms. The Labute approximate surface area is 123 Å². The molecule has 0 saturated carbocycles. The van der Waals surface area contributed by atoms with Gasteiger partial charge < -0.3 is 10.1 Å². The van der Waals surface area contributed by atoms with Crippen molar-refractivity contribution in [1.82, 2.24) is 20.3 Å². The first-order chi connectivity index (χ1) is 10.5. The van der Waals surface area contributed by atoms with Gasteiger partial charge in [-0.2, -0.15) is 0 Å². The predicted molar refractivity (Wildman–Crippen MR) is 72.7 cm³/mol. The number of nitrogens with zero attached hydrogens (tertiary/aromatic N) is 4. The van der Waals surface area contributed by atoms with Crippen LogP contribution in [-0.4, -0.2) is 40.0 Å². The SMILES string of the molecule is CNC(=O)Cn1nncc1-c1cc([N+](=O)[O-])c(OC)cc1F. The molecule has 0 unspecified atom stereocenters. The smallest absolute Gasteiger partial charge is 0.311 e. The number of nitro groups is 1. The Bertz CT molecular complexity index is 730. The zero-order chi connectivity index (χ0) is 16.3. The number of halogens is 1. The van der Waals surface area contributed by atoms with Crippen molar-refractivity contribution in [2.45, 2.75) is 6.54 Å². The fraction of sp³-hybridized carbons (Fsp3) is 0.250. The molecule has 22 heavy (non-hydrogen) atoms. The Hall–Kier alpha value is -3.04. The van der Waals surface area contributed by atoms with Crippen LogP contribution in [0.15, 0.2) is 18.3 Å². The number of rotatable bonds is 5. The molecule has 116 valence electrons. The summed E-state index contributed by atoms with van der Waals surface area (Å²) in [5.74, 6) is -1.31. The topological polar surface area (TPSA) is 112 Å². The highest BCUT2D eigenvalue weighted by Crippen LogP contribution is 2.34. The average Bonchev–Trinajstić information content (AvgIpc) is 2.94. The third kappa shape index (κ3) is 2.85. The fourth-order valence-corrected chi connectivity index (χ4v) is 1.84. The van der Waals surface area contributed by atoms with E-state index in [2.05, 4.69) is 15.6 Å². The van der Waals surface area contributed by atoms with E-state index in [0.717, 1.165) is 16.8 Å². The molecule has 1 amide bonds. The van der Waals surface area contributed by atoms with Gasteiger partial charge in [-0.15, -0.1) is 5.10 Å². The van der Waals surface area contributed by atoms with E-state index in [-0.39, 0.29) is 29.5 Å². The summed E-state index contributed by atoms with van der Waals surface area (Å²) in [6.45, 7) is -0.189. The van der Waals surface area contributed by atoms with Crippen molar-refractivity contribution in [1.29, 1.82) is 0 Å². The summed E-state index contributed by atoms with van der Waals surface area (Å²) >= 11 is 0. The predicted octanol–water partition coefficient (Wildman–Crippen LogP) is 0.747. The van der Waals surface area contributed by atoms with Crippen LogP contribution in [-0.2, 0) is 11.3 Å². The fourth-order valence-electron chi connectivity index (χ4n) is 1.84. The third-order valence-corrected chi connectivity index (χ3v) is 2.93. The number of nitrogens with one attached hydrogen (secondary N) is 1. The number of likely N-dealkylation sites (N-methyl/N-ethyl adjacent to an activating group) is 1. The van der Waals surface area contributed by atoms with Crippen LogP contribution in [0.1, 0.15) is 0 Å². The maximum Gasteiger partial charge on any atom is 0.311 e. The number of carbonyl (C=O) groups excluding carboxylic acids is 1. The van der Waals surface area contributed by atoms with Crippen molar-refractivity contribution in [3.63, 3.8) is 0 Å². The first-order valence-electron chi connectivity index (χ1n) is 6.09. The van der Waals surface area contributed by atoms with E-state index in [1.54, 1.807) is 0 Å². The van der Waals surface area contributed by atoms with Gasteiger partial charge in [-0.3, -0.25) is 14.9 Å². The molecule has 0 aliphatic rings. The standard InChI is InChI=1S/C12H12FN5O4/c1-14-12(19)6-17-10(5-15-16-17)7-3-9(18(20)21)11(22-2)4-8(7)13/h3-5H,6H2,1-2H3,(H,14,19). The average molecular weight is 309 g/mol. The van der Waals surface area contributed by atoms with Crippen molar-refractivity contribution in [3.05, 3.63) is 34.3 Å². The second-order valence-electron chi connectivity index (χ2n) is 4.21. The van der Waals surface area contributed by atoms with Gasteiger partial charge in [0.2, 0.25) is 5.91 Å². The Morgan fingerprint density at radius 3 is 2.86 bits per heavy atom. The molecule has 1 N–H and O–H groups in total. The van der Waals surface area contributed by atoms with Crippen LogP contribution in [0, 0.1) is 15.9 Å². The number of ether oxygens (including phenoxy) is 1. The van der Waals surface area contributed by atoms with Crippen molar-refractivity contribution in [2.75, 3.05) is 14.2 Å². The van der Waals surface area contributed by atoms with Crippen molar-refractivity contribution < 1.29 is 18.8 Å². The van der Waals surface area contributed by atoms with Crippen LogP contribution in [0.4, 0.5) is 10.1 Å². The number of nitro benzene ring substituents is 1. The van der Waals surface area contributed by atoms with Crippen molar-refractivity contribution in [3.8, 4) is 17.0 Å². The summed E-state index contributed by atoms with van der Waals surface area (Å²) in [7, 11) is 2.65. The van der Waals surface area contributed by atoms with Gasteiger partial charge in [0.15, 0.2) is 5.75 Å². The summed E-state index contributed by atoms with van der Waals surface area (Å²) in [6, 6.07) is 1.93. The van der Waals surface area contributed by atoms with Gasteiger partial charge in [-0.05, 0) is 0 Å². The number of aromatic nitrogens is 3. The Kier molecular flexibility index (Phi) is 4.30.